The number of benzene rings is 2. The van der Waals surface area contributed by atoms with Crippen LogP contribution in [-0.4, -0.2) is 26.4 Å². The fourth-order valence-corrected chi connectivity index (χ4v) is 2.01. The Morgan fingerprint density at radius 2 is 1.83 bits per heavy atom. The normalized spacial score (nSPS) is 10.4. The average molecular weight is 328 g/mol. The fourth-order valence-electron chi connectivity index (χ4n) is 2.01. The third kappa shape index (κ3) is 4.91. The lowest BCUT2D eigenvalue weighted by Gasteiger charge is -2.11. The van der Waals surface area contributed by atoms with Crippen LogP contribution in [0.3, 0.4) is 0 Å². The summed E-state index contributed by atoms with van der Waals surface area (Å²) in [5.41, 5.74) is 12.2. The van der Waals surface area contributed by atoms with Crippen molar-refractivity contribution in [1.29, 1.82) is 0 Å². The second-order valence-electron chi connectivity index (χ2n) is 4.81. The van der Waals surface area contributed by atoms with Crippen molar-refractivity contribution < 1.29 is 14.2 Å². The van der Waals surface area contributed by atoms with Gasteiger partial charge < -0.3 is 25.7 Å². The summed E-state index contributed by atoms with van der Waals surface area (Å²) in [6.07, 6.45) is 1.55. The van der Waals surface area contributed by atoms with Crippen LogP contribution in [0.25, 0.3) is 0 Å². The zero-order valence-electron chi connectivity index (χ0n) is 13.6. The van der Waals surface area contributed by atoms with Gasteiger partial charge in [0.25, 0.3) is 0 Å². The lowest BCUT2D eigenvalue weighted by atomic mass is 10.1. The van der Waals surface area contributed by atoms with E-state index in [4.69, 9.17) is 25.7 Å². The van der Waals surface area contributed by atoms with Gasteiger partial charge in [0, 0.05) is 11.6 Å². The first kappa shape index (κ1) is 17.1. The van der Waals surface area contributed by atoms with Gasteiger partial charge in [-0.3, -0.25) is 0 Å². The maximum absolute atomic E-state index is 5.80. The summed E-state index contributed by atoms with van der Waals surface area (Å²) in [7, 11) is 3.22. The first-order chi connectivity index (χ1) is 11.6. The van der Waals surface area contributed by atoms with Crippen molar-refractivity contribution >= 4 is 12.2 Å². The molecular weight excluding hydrogens is 308 g/mol. The molecule has 0 bridgehead atoms. The molecule has 0 atom stereocenters. The van der Waals surface area contributed by atoms with Gasteiger partial charge in [-0.1, -0.05) is 6.07 Å². The number of ether oxygens (including phenoxy) is 3. The summed E-state index contributed by atoms with van der Waals surface area (Å²) < 4.78 is 16.3. The van der Waals surface area contributed by atoms with Gasteiger partial charge >= 0.3 is 0 Å². The first-order valence-electron chi connectivity index (χ1n) is 7.18. The number of hydrogen-bond donors (Lipinski definition) is 2. The van der Waals surface area contributed by atoms with E-state index in [0.29, 0.717) is 12.4 Å². The molecule has 0 fully saturated rings. The molecule has 0 aliphatic heterocycles. The number of nitrogens with two attached hydrogens (primary N) is 2. The van der Waals surface area contributed by atoms with Crippen molar-refractivity contribution in [2.24, 2.45) is 21.7 Å². The highest BCUT2D eigenvalue weighted by Gasteiger charge is 2.06. The molecule has 0 spiro atoms. The molecule has 2 aromatic rings. The van der Waals surface area contributed by atoms with Crippen molar-refractivity contribution in [3.63, 3.8) is 0 Å². The fraction of sp³-hybridized carbons (Fsp3) is 0.176. The smallest absolute Gasteiger partial charge is 0.211 e. The van der Waals surface area contributed by atoms with Gasteiger partial charge in [-0.05, 0) is 35.9 Å². The zero-order chi connectivity index (χ0) is 17.4. The Balaban J connectivity index is 2.15. The Morgan fingerprint density at radius 3 is 2.54 bits per heavy atom. The van der Waals surface area contributed by atoms with E-state index in [1.54, 1.807) is 20.4 Å². The maximum Gasteiger partial charge on any atom is 0.211 e. The van der Waals surface area contributed by atoms with Crippen LogP contribution in [0.15, 0.2) is 52.7 Å². The molecule has 24 heavy (non-hydrogen) atoms. The van der Waals surface area contributed by atoms with Gasteiger partial charge in [0.1, 0.15) is 23.9 Å². The number of guanidine groups is 1. The minimum Gasteiger partial charge on any atom is -0.497 e. The molecule has 126 valence electrons. The molecule has 0 heterocycles. The molecule has 0 radical (unpaired) electrons. The first-order valence-corrected chi connectivity index (χ1v) is 7.18. The maximum atomic E-state index is 5.80. The van der Waals surface area contributed by atoms with Crippen molar-refractivity contribution in [1.82, 2.24) is 0 Å². The van der Waals surface area contributed by atoms with Crippen LogP contribution in [-0.2, 0) is 6.61 Å². The summed E-state index contributed by atoms with van der Waals surface area (Å²) >= 11 is 0. The summed E-state index contributed by atoms with van der Waals surface area (Å²) in [5, 5.41) is 7.36. The van der Waals surface area contributed by atoms with Gasteiger partial charge in [0.05, 0.1) is 20.4 Å². The minimum absolute atomic E-state index is 0.0960. The van der Waals surface area contributed by atoms with Gasteiger partial charge in [-0.15, -0.1) is 5.10 Å². The predicted molar refractivity (Wildman–Crippen MR) is 93.7 cm³/mol. The van der Waals surface area contributed by atoms with E-state index in [1.807, 2.05) is 42.5 Å². The minimum atomic E-state index is -0.0960. The lowest BCUT2D eigenvalue weighted by molar-refractivity contribution is 0.294. The Morgan fingerprint density at radius 1 is 1.04 bits per heavy atom. The number of rotatable bonds is 7. The quantitative estimate of drug-likeness (QED) is 0.459. The SMILES string of the molecule is COc1cccc(OCc2cc(C=NN=C(N)N)ccc2OC)c1. The molecule has 0 aliphatic rings. The Bertz CT molecular complexity index is 740. The van der Waals surface area contributed by atoms with Gasteiger partial charge in [0.15, 0.2) is 0 Å². The molecule has 0 saturated heterocycles. The number of nitrogens with zero attached hydrogens (tertiary/aromatic N) is 2. The summed E-state index contributed by atoms with van der Waals surface area (Å²) in [6, 6.07) is 13.0. The van der Waals surface area contributed by atoms with Crippen molar-refractivity contribution in [3.8, 4) is 17.2 Å². The molecule has 0 amide bonds. The molecular formula is C17H20N4O3. The molecule has 2 aromatic carbocycles. The van der Waals surface area contributed by atoms with Crippen LogP contribution < -0.4 is 25.7 Å². The topological polar surface area (TPSA) is 104 Å². The van der Waals surface area contributed by atoms with Crippen LogP contribution in [0.5, 0.6) is 17.2 Å². The molecule has 0 aromatic heterocycles. The monoisotopic (exact) mass is 328 g/mol. The third-order valence-corrected chi connectivity index (χ3v) is 3.12. The largest absolute Gasteiger partial charge is 0.497 e. The van der Waals surface area contributed by atoms with E-state index < -0.39 is 0 Å². The summed E-state index contributed by atoms with van der Waals surface area (Å²) in [5.74, 6) is 2.06. The van der Waals surface area contributed by atoms with E-state index in [2.05, 4.69) is 10.2 Å². The van der Waals surface area contributed by atoms with Crippen LogP contribution in [0, 0.1) is 0 Å². The van der Waals surface area contributed by atoms with Crippen molar-refractivity contribution in [3.05, 3.63) is 53.6 Å². The van der Waals surface area contributed by atoms with E-state index in [9.17, 15) is 0 Å². The zero-order valence-corrected chi connectivity index (χ0v) is 13.6. The Hall–Kier alpha value is -3.22. The predicted octanol–water partition coefficient (Wildman–Crippen LogP) is 1.89. The molecule has 7 nitrogen and oxygen atoms in total. The lowest BCUT2D eigenvalue weighted by Crippen LogP contribution is -2.21. The average Bonchev–Trinajstić information content (AvgIpc) is 2.60. The van der Waals surface area contributed by atoms with Crippen LogP contribution in [0.2, 0.25) is 0 Å². The summed E-state index contributed by atoms with van der Waals surface area (Å²) in [4.78, 5) is 0. The highest BCUT2D eigenvalue weighted by Crippen LogP contribution is 2.24. The highest BCUT2D eigenvalue weighted by atomic mass is 16.5. The van der Waals surface area contributed by atoms with E-state index in [0.717, 1.165) is 22.6 Å². The number of methoxy groups -OCH3 is 2. The van der Waals surface area contributed by atoms with Crippen LogP contribution in [0.4, 0.5) is 0 Å². The molecule has 0 aliphatic carbocycles. The Kier molecular flexibility index (Phi) is 6.01. The molecule has 0 saturated carbocycles. The Labute approximate surface area is 140 Å². The van der Waals surface area contributed by atoms with Crippen molar-refractivity contribution in [2.45, 2.75) is 6.61 Å². The van der Waals surface area contributed by atoms with Crippen molar-refractivity contribution in [2.75, 3.05) is 14.2 Å². The standard InChI is InChI=1S/C17H20N4O3/c1-22-14-4-3-5-15(9-14)24-11-13-8-12(6-7-16(13)23-2)10-20-21-17(18)19/h3-10H,11H2,1-2H3,(H4,18,19,21). The number of hydrogen-bond acceptors (Lipinski definition) is 5. The van der Waals surface area contributed by atoms with Crippen LogP contribution >= 0.6 is 0 Å². The molecule has 7 heteroatoms. The van der Waals surface area contributed by atoms with Gasteiger partial charge in [0.2, 0.25) is 5.96 Å². The van der Waals surface area contributed by atoms with E-state index in [-0.39, 0.29) is 5.96 Å². The molecule has 4 N–H and O–H groups in total. The second kappa shape index (κ2) is 8.42. The van der Waals surface area contributed by atoms with E-state index >= 15 is 0 Å². The molecule has 2 rings (SSSR count). The third-order valence-electron chi connectivity index (χ3n) is 3.12. The molecule has 0 unspecified atom stereocenters. The summed E-state index contributed by atoms with van der Waals surface area (Å²) in [6.45, 7) is 0.334. The second-order valence-corrected chi connectivity index (χ2v) is 4.81. The van der Waals surface area contributed by atoms with Gasteiger partial charge in [-0.25, -0.2) is 0 Å². The van der Waals surface area contributed by atoms with Gasteiger partial charge in [-0.2, -0.15) is 5.10 Å². The highest BCUT2D eigenvalue weighted by molar-refractivity contribution is 5.82. The van der Waals surface area contributed by atoms with E-state index in [1.165, 1.54) is 0 Å². The van der Waals surface area contributed by atoms with Crippen LogP contribution in [0.1, 0.15) is 11.1 Å².